The lowest BCUT2D eigenvalue weighted by Crippen LogP contribution is -2.36. The summed E-state index contributed by atoms with van der Waals surface area (Å²) in [4.78, 5) is 2.05. The molecule has 1 unspecified atom stereocenters. The van der Waals surface area contributed by atoms with Gasteiger partial charge in [0.2, 0.25) is 0 Å². The first-order valence-electron chi connectivity index (χ1n) is 4.95. The van der Waals surface area contributed by atoms with Gasteiger partial charge in [0.05, 0.1) is 13.2 Å². The minimum absolute atomic E-state index is 0.254. The molecule has 0 amide bonds. The molecule has 0 radical (unpaired) electrons. The number of hydrogen-bond donors (Lipinski definition) is 2. The van der Waals surface area contributed by atoms with Gasteiger partial charge in [0.1, 0.15) is 0 Å². The van der Waals surface area contributed by atoms with Crippen molar-refractivity contribution in [3.05, 3.63) is 0 Å². The van der Waals surface area contributed by atoms with E-state index in [4.69, 9.17) is 15.7 Å². The molecule has 1 saturated heterocycles. The molecule has 0 bridgehead atoms. The Hall–Kier alpha value is -0.810. The minimum atomic E-state index is 0.254. The maximum Gasteiger partial charge on any atom is 0.153 e. The van der Waals surface area contributed by atoms with Crippen LogP contribution in [-0.4, -0.2) is 49.3 Å². The maximum atomic E-state index is 8.40. The number of rotatable bonds is 4. The zero-order valence-corrected chi connectivity index (χ0v) is 8.65. The molecule has 14 heavy (non-hydrogen) atoms. The van der Waals surface area contributed by atoms with Crippen LogP contribution in [-0.2, 0) is 4.74 Å². The lowest BCUT2D eigenvalue weighted by atomic mass is 10.0. The Labute approximate surface area is 84.5 Å². The molecule has 1 aliphatic heterocycles. The van der Waals surface area contributed by atoms with Crippen LogP contribution in [0.15, 0.2) is 5.16 Å². The average Bonchev–Trinajstić information content (AvgIpc) is 2.19. The van der Waals surface area contributed by atoms with Gasteiger partial charge in [-0.15, -0.1) is 0 Å². The fraction of sp³-hybridized carbons (Fsp3) is 0.889. The molecule has 1 aliphatic rings. The summed E-state index contributed by atoms with van der Waals surface area (Å²) in [5, 5.41) is 11.3. The highest BCUT2D eigenvalue weighted by molar-refractivity contribution is 5.81. The first-order valence-corrected chi connectivity index (χ1v) is 4.95. The molecule has 0 aromatic rings. The number of amidine groups is 1. The van der Waals surface area contributed by atoms with Crippen molar-refractivity contribution in [1.82, 2.24) is 4.90 Å². The van der Waals surface area contributed by atoms with E-state index in [1.54, 1.807) is 0 Å². The third-order valence-corrected chi connectivity index (χ3v) is 2.38. The molecule has 0 aliphatic carbocycles. The molecular weight excluding hydrogens is 182 g/mol. The van der Waals surface area contributed by atoms with Crippen molar-refractivity contribution in [3.63, 3.8) is 0 Å². The topological polar surface area (TPSA) is 71.1 Å². The number of hydrogen-bond acceptors (Lipinski definition) is 4. The molecule has 0 saturated carbocycles. The van der Waals surface area contributed by atoms with Gasteiger partial charge in [-0.3, -0.25) is 4.90 Å². The van der Waals surface area contributed by atoms with E-state index >= 15 is 0 Å². The van der Waals surface area contributed by atoms with Gasteiger partial charge in [0.25, 0.3) is 0 Å². The van der Waals surface area contributed by atoms with Crippen LogP contribution in [0, 0.1) is 5.92 Å². The van der Waals surface area contributed by atoms with Gasteiger partial charge in [-0.1, -0.05) is 5.16 Å². The highest BCUT2D eigenvalue weighted by Crippen LogP contribution is 2.13. The minimum Gasteiger partial charge on any atom is -0.409 e. The highest BCUT2D eigenvalue weighted by Gasteiger charge is 2.16. The first-order chi connectivity index (χ1) is 6.72. The van der Waals surface area contributed by atoms with Gasteiger partial charge >= 0.3 is 0 Å². The van der Waals surface area contributed by atoms with Crippen LogP contribution >= 0.6 is 0 Å². The van der Waals surface area contributed by atoms with Crippen LogP contribution in [0.25, 0.3) is 0 Å². The van der Waals surface area contributed by atoms with E-state index in [1.807, 2.05) is 7.05 Å². The smallest absolute Gasteiger partial charge is 0.153 e. The highest BCUT2D eigenvalue weighted by atomic mass is 16.5. The summed E-state index contributed by atoms with van der Waals surface area (Å²) < 4.78 is 5.38. The van der Waals surface area contributed by atoms with Gasteiger partial charge in [0, 0.05) is 13.2 Å². The second-order valence-electron chi connectivity index (χ2n) is 3.87. The predicted molar refractivity (Wildman–Crippen MR) is 54.4 cm³/mol. The Bertz CT molecular complexity index is 190. The summed E-state index contributed by atoms with van der Waals surface area (Å²) in [5.74, 6) is 0.837. The largest absolute Gasteiger partial charge is 0.409 e. The van der Waals surface area contributed by atoms with Crippen molar-refractivity contribution in [2.75, 3.05) is 33.4 Å². The normalized spacial score (nSPS) is 24.1. The number of nitrogens with zero attached hydrogens (tertiary/aromatic N) is 2. The summed E-state index contributed by atoms with van der Waals surface area (Å²) >= 11 is 0. The van der Waals surface area contributed by atoms with Crippen LogP contribution in [0.4, 0.5) is 0 Å². The van der Waals surface area contributed by atoms with E-state index in [0.717, 1.165) is 26.2 Å². The monoisotopic (exact) mass is 201 g/mol. The van der Waals surface area contributed by atoms with Crippen molar-refractivity contribution in [3.8, 4) is 0 Å². The van der Waals surface area contributed by atoms with Gasteiger partial charge < -0.3 is 15.7 Å². The van der Waals surface area contributed by atoms with E-state index in [-0.39, 0.29) is 5.84 Å². The zero-order valence-electron chi connectivity index (χ0n) is 8.65. The Balaban J connectivity index is 2.21. The quantitative estimate of drug-likeness (QED) is 0.293. The van der Waals surface area contributed by atoms with Crippen LogP contribution in [0.3, 0.4) is 0 Å². The summed E-state index contributed by atoms with van der Waals surface area (Å²) in [5.41, 5.74) is 5.41. The van der Waals surface area contributed by atoms with Gasteiger partial charge in [-0.25, -0.2) is 0 Å². The van der Waals surface area contributed by atoms with Crippen LogP contribution in [0.5, 0.6) is 0 Å². The number of ether oxygens (including phenoxy) is 1. The molecule has 82 valence electrons. The fourth-order valence-corrected chi connectivity index (χ4v) is 1.76. The van der Waals surface area contributed by atoms with Gasteiger partial charge in [0.15, 0.2) is 5.84 Å². The van der Waals surface area contributed by atoms with Crippen molar-refractivity contribution in [2.24, 2.45) is 16.8 Å². The van der Waals surface area contributed by atoms with Gasteiger partial charge in [-0.05, 0) is 25.8 Å². The Morgan fingerprint density at radius 1 is 1.71 bits per heavy atom. The lowest BCUT2D eigenvalue weighted by Gasteiger charge is -2.26. The molecule has 0 aromatic carbocycles. The molecule has 1 heterocycles. The Morgan fingerprint density at radius 3 is 3.07 bits per heavy atom. The summed E-state index contributed by atoms with van der Waals surface area (Å²) in [6, 6.07) is 0. The van der Waals surface area contributed by atoms with Crippen molar-refractivity contribution in [1.29, 1.82) is 0 Å². The third-order valence-electron chi connectivity index (χ3n) is 2.38. The summed E-state index contributed by atoms with van der Waals surface area (Å²) in [6.07, 6.45) is 2.35. The third kappa shape index (κ3) is 3.93. The van der Waals surface area contributed by atoms with Crippen LogP contribution in [0.1, 0.15) is 12.8 Å². The van der Waals surface area contributed by atoms with E-state index in [1.165, 1.54) is 6.42 Å². The van der Waals surface area contributed by atoms with E-state index < -0.39 is 0 Å². The van der Waals surface area contributed by atoms with Crippen LogP contribution in [0.2, 0.25) is 0 Å². The second kappa shape index (κ2) is 5.82. The Morgan fingerprint density at radius 2 is 2.50 bits per heavy atom. The van der Waals surface area contributed by atoms with Crippen molar-refractivity contribution in [2.45, 2.75) is 12.8 Å². The molecule has 1 atom stereocenters. The molecule has 1 rings (SSSR count). The Kier molecular flexibility index (Phi) is 4.69. The molecule has 1 fully saturated rings. The summed E-state index contributed by atoms with van der Waals surface area (Å²) in [7, 11) is 1.96. The molecule has 5 heteroatoms. The number of likely N-dealkylation sites (N-methyl/N-ethyl adjacent to an activating group) is 1. The average molecular weight is 201 g/mol. The van der Waals surface area contributed by atoms with Crippen molar-refractivity contribution >= 4 is 5.84 Å². The molecule has 0 spiro atoms. The van der Waals surface area contributed by atoms with E-state index in [2.05, 4.69) is 10.1 Å². The molecule has 3 N–H and O–H groups in total. The first kappa shape index (κ1) is 11.3. The standard InChI is InChI=1S/C9H19N3O2/c1-12(6-9(10)11-13)5-8-3-2-4-14-7-8/h8,13H,2-7H2,1H3,(H2,10,11). The predicted octanol–water partition coefficient (Wildman–Crippen LogP) is 0.0912. The maximum absolute atomic E-state index is 8.40. The summed E-state index contributed by atoms with van der Waals surface area (Å²) in [6.45, 7) is 3.17. The molecular formula is C9H19N3O2. The number of oxime groups is 1. The molecule has 0 aromatic heterocycles. The van der Waals surface area contributed by atoms with Crippen molar-refractivity contribution < 1.29 is 9.94 Å². The zero-order chi connectivity index (χ0) is 10.4. The SMILES string of the molecule is CN(CC(N)=NO)CC1CCCOC1. The second-order valence-corrected chi connectivity index (χ2v) is 3.87. The van der Waals surface area contributed by atoms with E-state index in [0.29, 0.717) is 12.5 Å². The number of nitrogens with two attached hydrogens (primary N) is 1. The lowest BCUT2D eigenvalue weighted by molar-refractivity contribution is 0.0437. The van der Waals surface area contributed by atoms with Crippen LogP contribution < -0.4 is 5.73 Å². The molecule has 5 nitrogen and oxygen atoms in total. The fourth-order valence-electron chi connectivity index (χ4n) is 1.76. The van der Waals surface area contributed by atoms with E-state index in [9.17, 15) is 0 Å². The van der Waals surface area contributed by atoms with Gasteiger partial charge in [-0.2, -0.15) is 0 Å².